The van der Waals surface area contributed by atoms with E-state index in [1.54, 1.807) is 7.05 Å². The molecule has 0 aliphatic heterocycles. The lowest BCUT2D eigenvalue weighted by Crippen LogP contribution is -2.40. The molecule has 2 amide bonds. The first-order chi connectivity index (χ1) is 8.94. The van der Waals surface area contributed by atoms with Crippen molar-refractivity contribution in [3.05, 3.63) is 12.2 Å². The number of amides is 2. The highest BCUT2D eigenvalue weighted by atomic mass is 16.2. The smallest absolute Gasteiger partial charge is 0.224 e. The van der Waals surface area contributed by atoms with Crippen LogP contribution in [0.2, 0.25) is 0 Å². The molecule has 0 saturated heterocycles. The monoisotopic (exact) mass is 270 g/mol. The number of rotatable bonds is 5. The van der Waals surface area contributed by atoms with Gasteiger partial charge in [-0.05, 0) is 26.2 Å². The van der Waals surface area contributed by atoms with Crippen molar-refractivity contribution in [3.8, 4) is 0 Å². The number of hydrogen-bond acceptors (Lipinski definition) is 2. The summed E-state index contributed by atoms with van der Waals surface area (Å²) in [5.41, 5.74) is 5.64. The topological polar surface area (TPSA) is 72.2 Å². The van der Waals surface area contributed by atoms with Gasteiger partial charge >= 0.3 is 0 Å². The van der Waals surface area contributed by atoms with Gasteiger partial charge in [-0.2, -0.15) is 0 Å². The third kappa shape index (κ3) is 5.45. The molecule has 1 fully saturated rings. The second-order valence-corrected chi connectivity index (χ2v) is 4.35. The largest absolute Gasteiger partial charge is 0.369 e. The average Bonchev–Trinajstić information content (AvgIpc) is 3.21. The number of nitrogens with two attached hydrogens (primary N) is 1. The van der Waals surface area contributed by atoms with Gasteiger partial charge in [0, 0.05) is 7.05 Å². The van der Waals surface area contributed by atoms with Crippen LogP contribution in [-0.4, -0.2) is 18.9 Å². The molecule has 1 aliphatic rings. The zero-order valence-corrected chi connectivity index (χ0v) is 13.3. The Morgan fingerprint density at radius 3 is 1.89 bits per heavy atom. The summed E-state index contributed by atoms with van der Waals surface area (Å²) < 4.78 is 0. The van der Waals surface area contributed by atoms with E-state index in [2.05, 4.69) is 11.9 Å². The first kappa shape index (κ1) is 20.0. The average molecular weight is 270 g/mol. The Balaban J connectivity index is 0. The van der Waals surface area contributed by atoms with Gasteiger partial charge in [0.2, 0.25) is 11.8 Å². The minimum Gasteiger partial charge on any atom is -0.369 e. The predicted octanol–water partition coefficient (Wildman–Crippen LogP) is 2.63. The van der Waals surface area contributed by atoms with E-state index in [1.807, 2.05) is 34.6 Å². The molecule has 1 saturated carbocycles. The second kappa shape index (κ2) is 9.59. The molecule has 4 heteroatoms. The van der Waals surface area contributed by atoms with Crippen molar-refractivity contribution in [1.82, 2.24) is 5.32 Å². The molecule has 112 valence electrons. The summed E-state index contributed by atoms with van der Waals surface area (Å²) in [7, 11) is 1.57. The van der Waals surface area contributed by atoms with Crippen molar-refractivity contribution in [2.75, 3.05) is 7.05 Å². The first-order valence-corrected chi connectivity index (χ1v) is 7.10. The number of allylic oxidation sites excluding steroid dienone is 1. The third-order valence-corrected chi connectivity index (χ3v) is 3.06. The Kier molecular flexibility index (Phi) is 10.1. The molecule has 0 aromatic rings. The molecular weight excluding hydrogens is 240 g/mol. The van der Waals surface area contributed by atoms with E-state index in [1.165, 1.54) is 0 Å². The number of hydrogen-bond donors (Lipinski definition) is 2. The van der Waals surface area contributed by atoms with Crippen LogP contribution < -0.4 is 11.1 Å². The van der Waals surface area contributed by atoms with Crippen molar-refractivity contribution in [2.45, 2.75) is 53.9 Å². The fraction of sp³-hybridized carbons (Fsp3) is 0.733. The number of primary amides is 1. The Bertz CT molecular complexity index is 307. The summed E-state index contributed by atoms with van der Waals surface area (Å²) in [5.74, 6) is -0.829. The van der Waals surface area contributed by atoms with Crippen LogP contribution in [0.25, 0.3) is 0 Å². The van der Waals surface area contributed by atoms with Crippen molar-refractivity contribution < 1.29 is 9.59 Å². The maximum Gasteiger partial charge on any atom is 0.224 e. The first-order valence-electron chi connectivity index (χ1n) is 7.10. The number of nitrogens with one attached hydrogen (secondary N) is 1. The van der Waals surface area contributed by atoms with Gasteiger partial charge < -0.3 is 11.1 Å². The van der Waals surface area contributed by atoms with Crippen LogP contribution in [0.3, 0.4) is 0 Å². The van der Waals surface area contributed by atoms with E-state index >= 15 is 0 Å². The van der Waals surface area contributed by atoms with E-state index in [-0.39, 0.29) is 17.7 Å². The van der Waals surface area contributed by atoms with Crippen LogP contribution in [-0.2, 0) is 9.59 Å². The Hall–Kier alpha value is -1.32. The highest BCUT2D eigenvalue weighted by Gasteiger charge is 2.56. The molecule has 0 aromatic carbocycles. The lowest BCUT2D eigenvalue weighted by Gasteiger charge is -2.22. The van der Waals surface area contributed by atoms with Gasteiger partial charge in [0.05, 0.1) is 11.3 Å². The van der Waals surface area contributed by atoms with Gasteiger partial charge in [0.1, 0.15) is 0 Å². The highest BCUT2D eigenvalue weighted by molar-refractivity contribution is 5.92. The quantitative estimate of drug-likeness (QED) is 0.754. The summed E-state index contributed by atoms with van der Waals surface area (Å²) in [5, 5.41) is 2.58. The highest BCUT2D eigenvalue weighted by Crippen LogP contribution is 2.53. The molecule has 0 bridgehead atoms. The molecule has 1 atom stereocenters. The molecule has 0 radical (unpaired) electrons. The molecule has 19 heavy (non-hydrogen) atoms. The maximum absolute atomic E-state index is 11.7. The lowest BCUT2D eigenvalue weighted by atomic mass is 9.83. The van der Waals surface area contributed by atoms with Gasteiger partial charge in [-0.25, -0.2) is 0 Å². The maximum atomic E-state index is 11.7. The molecule has 1 aliphatic carbocycles. The molecule has 3 N–H and O–H groups in total. The molecule has 0 spiro atoms. The van der Waals surface area contributed by atoms with Crippen LogP contribution in [0.5, 0.6) is 0 Å². The van der Waals surface area contributed by atoms with E-state index in [4.69, 9.17) is 5.73 Å². The fourth-order valence-corrected chi connectivity index (χ4v) is 1.96. The molecule has 1 rings (SSSR count). The van der Waals surface area contributed by atoms with E-state index in [0.717, 1.165) is 5.57 Å². The minimum absolute atomic E-state index is 0.116. The number of carbonyl (C=O) groups excluding carboxylic acids is 2. The molecule has 0 heterocycles. The normalized spacial score (nSPS) is 15.7. The fourth-order valence-electron chi connectivity index (χ4n) is 1.96. The van der Waals surface area contributed by atoms with Crippen molar-refractivity contribution in [2.24, 2.45) is 17.1 Å². The van der Waals surface area contributed by atoms with Gasteiger partial charge in [-0.1, -0.05) is 33.3 Å². The van der Waals surface area contributed by atoms with Crippen molar-refractivity contribution in [3.63, 3.8) is 0 Å². The van der Waals surface area contributed by atoms with Crippen LogP contribution >= 0.6 is 0 Å². The zero-order valence-electron chi connectivity index (χ0n) is 13.3. The molecular formula is C15H30N2O2. The molecule has 4 nitrogen and oxygen atoms in total. The van der Waals surface area contributed by atoms with Gasteiger partial charge in [0.15, 0.2) is 0 Å². The summed E-state index contributed by atoms with van der Waals surface area (Å²) in [6, 6.07) is 0. The third-order valence-electron chi connectivity index (χ3n) is 3.06. The Labute approximate surface area is 117 Å². The molecule has 0 aromatic heterocycles. The van der Waals surface area contributed by atoms with Crippen molar-refractivity contribution in [1.29, 1.82) is 0 Å². The number of carbonyl (C=O) groups is 2. The second-order valence-electron chi connectivity index (χ2n) is 4.35. The van der Waals surface area contributed by atoms with Crippen LogP contribution in [0, 0.1) is 11.3 Å². The van der Waals surface area contributed by atoms with E-state index in [9.17, 15) is 9.59 Å². The van der Waals surface area contributed by atoms with Gasteiger partial charge in [-0.15, -0.1) is 6.58 Å². The lowest BCUT2D eigenvalue weighted by molar-refractivity contribution is -0.134. The van der Waals surface area contributed by atoms with Gasteiger partial charge in [-0.3, -0.25) is 9.59 Å². The SMILES string of the molecule is C=C(C)CC(C(=O)NC)C1(C(N)=O)CC1.CC.CC. The Morgan fingerprint density at radius 1 is 1.26 bits per heavy atom. The summed E-state index contributed by atoms with van der Waals surface area (Å²) >= 11 is 0. The van der Waals surface area contributed by atoms with Crippen LogP contribution in [0.1, 0.15) is 53.9 Å². The minimum atomic E-state index is -0.612. The Morgan fingerprint density at radius 2 is 1.68 bits per heavy atom. The predicted molar refractivity (Wildman–Crippen MR) is 80.5 cm³/mol. The van der Waals surface area contributed by atoms with E-state index in [0.29, 0.717) is 19.3 Å². The molecule has 1 unspecified atom stereocenters. The van der Waals surface area contributed by atoms with Crippen molar-refractivity contribution >= 4 is 11.8 Å². The van der Waals surface area contributed by atoms with E-state index < -0.39 is 5.41 Å². The van der Waals surface area contributed by atoms with Crippen LogP contribution in [0.4, 0.5) is 0 Å². The van der Waals surface area contributed by atoms with Crippen LogP contribution in [0.15, 0.2) is 12.2 Å². The summed E-state index contributed by atoms with van der Waals surface area (Å²) in [6.45, 7) is 13.6. The van der Waals surface area contributed by atoms with Gasteiger partial charge in [0.25, 0.3) is 0 Å². The summed E-state index contributed by atoms with van der Waals surface area (Å²) in [6.07, 6.45) is 1.96. The summed E-state index contributed by atoms with van der Waals surface area (Å²) in [4.78, 5) is 23.0. The standard InChI is InChI=1S/C11H18N2O2.2C2H6/c1-7(2)6-8(9(14)13-3)11(4-5-11)10(12)15;2*1-2/h8H,1,4-6H2,2-3H3,(H2,12,15)(H,13,14);2*1-2H3. The zero-order chi connectivity index (χ0) is 15.6.